The van der Waals surface area contributed by atoms with Crippen LogP contribution in [0, 0.1) is 6.57 Å². The van der Waals surface area contributed by atoms with Crippen molar-refractivity contribution in [1.82, 2.24) is 0 Å². The predicted octanol–water partition coefficient (Wildman–Crippen LogP) is -0.219. The highest BCUT2D eigenvalue weighted by Crippen LogP contribution is 1.74. The molecule has 0 saturated heterocycles. The SMILES string of the molecule is [C-]#[N+]CCC(N)=O. The lowest BCUT2D eigenvalue weighted by Crippen LogP contribution is -2.10. The molecular formula is C4H6N2O. The second kappa shape index (κ2) is 3.16. The molecule has 0 spiro atoms. The Morgan fingerprint density at radius 1 is 1.86 bits per heavy atom. The molecule has 0 aliphatic heterocycles. The lowest BCUT2D eigenvalue weighted by atomic mass is 10.4. The smallest absolute Gasteiger partial charge is 0.224 e. The molecule has 38 valence electrons. The third-order valence-electron chi connectivity index (χ3n) is 0.470. The Labute approximate surface area is 41.9 Å². The van der Waals surface area contributed by atoms with Crippen molar-refractivity contribution in [2.75, 3.05) is 6.54 Å². The van der Waals surface area contributed by atoms with Gasteiger partial charge in [-0.25, -0.2) is 6.57 Å². The van der Waals surface area contributed by atoms with Crippen LogP contribution >= 0.6 is 0 Å². The van der Waals surface area contributed by atoms with Gasteiger partial charge in [-0.2, -0.15) is 0 Å². The molecule has 0 heterocycles. The zero-order chi connectivity index (χ0) is 5.70. The van der Waals surface area contributed by atoms with Crippen LogP contribution in [0.4, 0.5) is 0 Å². The van der Waals surface area contributed by atoms with Gasteiger partial charge in [0.05, 0.1) is 6.42 Å². The van der Waals surface area contributed by atoms with Gasteiger partial charge >= 0.3 is 0 Å². The van der Waals surface area contributed by atoms with Crippen molar-refractivity contribution in [3.8, 4) is 0 Å². The molecule has 0 aromatic carbocycles. The molecule has 3 heteroatoms. The number of nitrogens with zero attached hydrogens (tertiary/aromatic N) is 1. The van der Waals surface area contributed by atoms with E-state index in [0.717, 1.165) is 0 Å². The van der Waals surface area contributed by atoms with Gasteiger partial charge in [-0.05, 0) is 0 Å². The monoisotopic (exact) mass is 98.0 g/mol. The summed E-state index contributed by atoms with van der Waals surface area (Å²) < 4.78 is 0. The van der Waals surface area contributed by atoms with E-state index < -0.39 is 5.91 Å². The van der Waals surface area contributed by atoms with Crippen molar-refractivity contribution < 1.29 is 4.79 Å². The van der Waals surface area contributed by atoms with Crippen LogP contribution in [0.2, 0.25) is 0 Å². The average Bonchev–Trinajstić information content (AvgIpc) is 1.61. The van der Waals surface area contributed by atoms with Gasteiger partial charge < -0.3 is 10.6 Å². The van der Waals surface area contributed by atoms with Gasteiger partial charge in [0.25, 0.3) is 0 Å². The molecule has 0 atom stereocenters. The Hall–Kier alpha value is -1.04. The van der Waals surface area contributed by atoms with E-state index in [9.17, 15) is 4.79 Å². The summed E-state index contributed by atoms with van der Waals surface area (Å²) >= 11 is 0. The topological polar surface area (TPSA) is 47.5 Å². The molecule has 0 unspecified atom stereocenters. The Morgan fingerprint density at radius 3 is 2.57 bits per heavy atom. The molecule has 0 radical (unpaired) electrons. The van der Waals surface area contributed by atoms with E-state index in [-0.39, 0.29) is 13.0 Å². The molecule has 0 fully saturated rings. The van der Waals surface area contributed by atoms with E-state index in [2.05, 4.69) is 4.85 Å². The summed E-state index contributed by atoms with van der Waals surface area (Å²) in [6.45, 7) is 6.43. The number of hydrogen-bond donors (Lipinski definition) is 1. The van der Waals surface area contributed by atoms with E-state index in [4.69, 9.17) is 12.3 Å². The summed E-state index contributed by atoms with van der Waals surface area (Å²) in [5.74, 6) is -0.406. The molecule has 0 aromatic heterocycles. The van der Waals surface area contributed by atoms with Crippen molar-refractivity contribution in [2.45, 2.75) is 6.42 Å². The van der Waals surface area contributed by atoms with E-state index >= 15 is 0 Å². The highest BCUT2D eigenvalue weighted by atomic mass is 16.1. The van der Waals surface area contributed by atoms with Gasteiger partial charge in [0.1, 0.15) is 0 Å². The summed E-state index contributed by atoms with van der Waals surface area (Å²) in [6.07, 6.45) is 0.184. The molecule has 0 rings (SSSR count). The average molecular weight is 98.1 g/mol. The van der Waals surface area contributed by atoms with E-state index in [0.29, 0.717) is 0 Å². The number of primary amides is 1. The normalized spacial score (nSPS) is 7.29. The first-order valence-electron chi connectivity index (χ1n) is 1.89. The molecule has 7 heavy (non-hydrogen) atoms. The Bertz CT molecular complexity index is 103. The van der Waals surface area contributed by atoms with E-state index in [1.807, 2.05) is 0 Å². The van der Waals surface area contributed by atoms with Gasteiger partial charge in [0.15, 0.2) is 0 Å². The molecule has 0 aliphatic carbocycles. The minimum atomic E-state index is -0.406. The van der Waals surface area contributed by atoms with Crippen LogP contribution in [0.15, 0.2) is 0 Å². The lowest BCUT2D eigenvalue weighted by Gasteiger charge is -1.78. The number of carbonyl (C=O) groups excluding carboxylic acids is 1. The Balaban J connectivity index is 3.02. The maximum absolute atomic E-state index is 9.84. The van der Waals surface area contributed by atoms with Crippen LogP contribution in [0.25, 0.3) is 4.85 Å². The van der Waals surface area contributed by atoms with Crippen molar-refractivity contribution >= 4 is 5.91 Å². The first-order valence-corrected chi connectivity index (χ1v) is 1.89. The number of hydrogen-bond acceptors (Lipinski definition) is 1. The predicted molar refractivity (Wildman–Crippen MR) is 25.3 cm³/mol. The van der Waals surface area contributed by atoms with Crippen molar-refractivity contribution in [2.24, 2.45) is 5.73 Å². The third-order valence-corrected chi connectivity index (χ3v) is 0.470. The summed E-state index contributed by atoms with van der Waals surface area (Å²) in [7, 11) is 0. The molecule has 1 amide bonds. The number of carbonyl (C=O) groups is 1. The quantitative estimate of drug-likeness (QED) is 0.477. The van der Waals surface area contributed by atoms with Gasteiger partial charge in [-0.15, -0.1) is 0 Å². The van der Waals surface area contributed by atoms with Crippen molar-refractivity contribution in [1.29, 1.82) is 0 Å². The largest absolute Gasteiger partial charge is 0.369 e. The molecule has 0 bridgehead atoms. The van der Waals surface area contributed by atoms with Crippen LogP contribution in [0.1, 0.15) is 6.42 Å². The minimum Gasteiger partial charge on any atom is -0.369 e. The van der Waals surface area contributed by atoms with Crippen molar-refractivity contribution in [3.63, 3.8) is 0 Å². The number of amides is 1. The third kappa shape index (κ3) is 4.96. The first-order chi connectivity index (χ1) is 3.27. The van der Waals surface area contributed by atoms with Crippen LogP contribution in [-0.2, 0) is 4.79 Å². The summed E-state index contributed by atoms with van der Waals surface area (Å²) in [4.78, 5) is 12.8. The van der Waals surface area contributed by atoms with Crippen LogP contribution < -0.4 is 5.73 Å². The minimum absolute atomic E-state index is 0.184. The molecule has 0 aliphatic rings. The van der Waals surface area contributed by atoms with Gasteiger partial charge in [-0.1, -0.05) is 0 Å². The summed E-state index contributed by atoms with van der Waals surface area (Å²) in [5, 5.41) is 0. The highest BCUT2D eigenvalue weighted by Gasteiger charge is 1.91. The van der Waals surface area contributed by atoms with Crippen LogP contribution in [0.5, 0.6) is 0 Å². The second-order valence-corrected chi connectivity index (χ2v) is 1.10. The van der Waals surface area contributed by atoms with Crippen molar-refractivity contribution in [3.05, 3.63) is 11.4 Å². The fourth-order valence-electron chi connectivity index (χ4n) is 0.166. The lowest BCUT2D eigenvalue weighted by molar-refractivity contribution is -0.117. The summed E-state index contributed by atoms with van der Waals surface area (Å²) in [5.41, 5.74) is 4.70. The van der Waals surface area contributed by atoms with E-state index in [1.165, 1.54) is 0 Å². The maximum atomic E-state index is 9.84. The van der Waals surface area contributed by atoms with Crippen LogP contribution in [0.3, 0.4) is 0 Å². The van der Waals surface area contributed by atoms with E-state index in [1.54, 1.807) is 0 Å². The molecule has 0 saturated carbocycles. The first kappa shape index (κ1) is 5.96. The molecule has 2 N–H and O–H groups in total. The van der Waals surface area contributed by atoms with Gasteiger partial charge in [0, 0.05) is 0 Å². The fraction of sp³-hybridized carbons (Fsp3) is 0.500. The van der Waals surface area contributed by atoms with Gasteiger partial charge in [0.2, 0.25) is 12.5 Å². The van der Waals surface area contributed by atoms with Crippen LogP contribution in [-0.4, -0.2) is 12.5 Å². The molecular weight excluding hydrogens is 92.1 g/mol. The highest BCUT2D eigenvalue weighted by molar-refractivity contribution is 5.74. The zero-order valence-corrected chi connectivity index (χ0v) is 3.85. The molecule has 0 aromatic rings. The number of rotatable bonds is 2. The second-order valence-electron chi connectivity index (χ2n) is 1.10. The Kier molecular flexibility index (Phi) is 2.69. The summed E-state index contributed by atoms with van der Waals surface area (Å²) in [6, 6.07) is 0. The molecule has 3 nitrogen and oxygen atoms in total. The van der Waals surface area contributed by atoms with Gasteiger partial charge in [-0.3, -0.25) is 4.79 Å². The Morgan fingerprint density at radius 2 is 2.43 bits per heavy atom. The fourth-order valence-corrected chi connectivity index (χ4v) is 0.166. The standard InChI is InChI=1S/C4H6N2O/c1-6-3-2-4(5)7/h2-3H2,(H2,5,7). The zero-order valence-electron chi connectivity index (χ0n) is 3.85. The maximum Gasteiger partial charge on any atom is 0.224 e. The number of nitrogens with two attached hydrogens (primary N) is 1.